The van der Waals surface area contributed by atoms with Crippen LogP contribution in [0, 0.1) is 0 Å². The largest absolute Gasteiger partial charge is 0.326 e. The molecule has 0 spiro atoms. The Hall–Kier alpha value is -0.0800. The predicted molar refractivity (Wildman–Crippen MR) is 77.5 cm³/mol. The molecule has 0 amide bonds. The zero-order valence-electron chi connectivity index (χ0n) is 10.3. The van der Waals surface area contributed by atoms with Crippen molar-refractivity contribution in [2.45, 2.75) is 42.0 Å². The highest BCUT2D eigenvalue weighted by atomic mass is 32.2. The van der Waals surface area contributed by atoms with Gasteiger partial charge in [0, 0.05) is 22.7 Å². The maximum atomic E-state index is 12.3. The smallest absolute Gasteiger partial charge is 0.241 e. The summed E-state index contributed by atoms with van der Waals surface area (Å²) in [6, 6.07) is 1.70. The molecule has 1 aliphatic rings. The van der Waals surface area contributed by atoms with Gasteiger partial charge in [-0.05, 0) is 37.0 Å². The summed E-state index contributed by atoms with van der Waals surface area (Å²) in [7, 11) is -3.40. The second-order valence-electron chi connectivity index (χ2n) is 4.40. The van der Waals surface area contributed by atoms with E-state index in [2.05, 4.69) is 11.0 Å². The van der Waals surface area contributed by atoms with E-state index in [1.165, 1.54) is 11.3 Å². The Bertz CT molecular complexity index is 498. The lowest BCUT2D eigenvalue weighted by molar-refractivity contribution is 0.552. The maximum Gasteiger partial charge on any atom is 0.241 e. The molecule has 1 fully saturated rings. The second-order valence-corrected chi connectivity index (χ2v) is 8.22. The molecule has 0 radical (unpaired) electrons. The second kappa shape index (κ2) is 5.92. The molecule has 0 aliphatic heterocycles. The number of hydrogen-bond donors (Lipinski definition) is 2. The average molecular weight is 306 g/mol. The van der Waals surface area contributed by atoms with Crippen LogP contribution in [-0.2, 0) is 16.6 Å². The van der Waals surface area contributed by atoms with Gasteiger partial charge < -0.3 is 5.73 Å². The third kappa shape index (κ3) is 3.08. The van der Waals surface area contributed by atoms with Gasteiger partial charge in [0.05, 0.1) is 4.90 Å². The van der Waals surface area contributed by atoms with Crippen molar-refractivity contribution in [3.05, 3.63) is 16.3 Å². The summed E-state index contributed by atoms with van der Waals surface area (Å²) in [5, 5.41) is 2.35. The van der Waals surface area contributed by atoms with Crippen molar-refractivity contribution in [2.24, 2.45) is 5.73 Å². The van der Waals surface area contributed by atoms with Gasteiger partial charge in [-0.3, -0.25) is 0 Å². The van der Waals surface area contributed by atoms with Crippen LogP contribution in [0.25, 0.3) is 0 Å². The first-order valence-electron chi connectivity index (χ1n) is 5.88. The normalized spacial score (nSPS) is 24.6. The average Bonchev–Trinajstić information content (AvgIpc) is 2.96. The molecule has 18 heavy (non-hydrogen) atoms. The zero-order chi connectivity index (χ0) is 13.2. The van der Waals surface area contributed by atoms with Gasteiger partial charge in [-0.15, -0.1) is 11.3 Å². The quantitative estimate of drug-likeness (QED) is 0.869. The first-order valence-corrected chi connectivity index (χ1v) is 9.53. The minimum atomic E-state index is -3.40. The number of nitrogens with two attached hydrogens (primary N) is 1. The fourth-order valence-corrected chi connectivity index (χ4v) is 5.68. The number of thioether (sulfide) groups is 1. The number of hydrogen-bond acceptors (Lipinski definition) is 5. The highest BCUT2D eigenvalue weighted by Crippen LogP contribution is 2.30. The summed E-state index contributed by atoms with van der Waals surface area (Å²) in [4.78, 5) is 1.07. The van der Waals surface area contributed by atoms with Crippen LogP contribution in [0.5, 0.6) is 0 Å². The monoisotopic (exact) mass is 306 g/mol. The molecule has 0 aromatic carbocycles. The Balaban J connectivity index is 2.09. The standard InChI is InChI=1S/C11H18N2O2S3/c1-16-9-3-2-8(6-9)13-18(14,15)11-4-5-17-10(11)7-12/h4-5,8-9,13H,2-3,6-7,12H2,1H3. The van der Waals surface area contributed by atoms with Crippen LogP contribution >= 0.6 is 23.1 Å². The van der Waals surface area contributed by atoms with Gasteiger partial charge in [-0.2, -0.15) is 11.8 Å². The topological polar surface area (TPSA) is 72.2 Å². The number of nitrogens with one attached hydrogen (secondary N) is 1. The molecule has 0 saturated heterocycles. The summed E-state index contributed by atoms with van der Waals surface area (Å²) < 4.78 is 27.3. The molecule has 0 bridgehead atoms. The van der Waals surface area contributed by atoms with Gasteiger partial charge in [0.15, 0.2) is 0 Å². The fraction of sp³-hybridized carbons (Fsp3) is 0.636. The van der Waals surface area contributed by atoms with Gasteiger partial charge in [-0.25, -0.2) is 13.1 Å². The molecule has 3 N–H and O–H groups in total. The highest BCUT2D eigenvalue weighted by Gasteiger charge is 2.29. The zero-order valence-corrected chi connectivity index (χ0v) is 12.7. The van der Waals surface area contributed by atoms with Crippen LogP contribution < -0.4 is 10.5 Å². The van der Waals surface area contributed by atoms with E-state index in [1.807, 2.05) is 11.8 Å². The van der Waals surface area contributed by atoms with E-state index < -0.39 is 10.0 Å². The van der Waals surface area contributed by atoms with Crippen LogP contribution in [0.15, 0.2) is 16.3 Å². The number of rotatable bonds is 5. The molecule has 1 aliphatic carbocycles. The molecule has 1 aromatic heterocycles. The molecule has 7 heteroatoms. The van der Waals surface area contributed by atoms with E-state index in [0.29, 0.717) is 10.1 Å². The Morgan fingerprint density at radius 2 is 2.33 bits per heavy atom. The lowest BCUT2D eigenvalue weighted by Crippen LogP contribution is -2.33. The van der Waals surface area contributed by atoms with E-state index >= 15 is 0 Å². The van der Waals surface area contributed by atoms with Crippen LogP contribution in [0.3, 0.4) is 0 Å². The minimum Gasteiger partial charge on any atom is -0.326 e. The molecule has 2 rings (SSSR count). The van der Waals surface area contributed by atoms with Crippen molar-refractivity contribution in [3.63, 3.8) is 0 Å². The highest BCUT2D eigenvalue weighted by molar-refractivity contribution is 7.99. The summed E-state index contributed by atoms with van der Waals surface area (Å²) in [6.07, 6.45) is 5.00. The first-order chi connectivity index (χ1) is 8.56. The lowest BCUT2D eigenvalue weighted by Gasteiger charge is -2.13. The van der Waals surface area contributed by atoms with Crippen molar-refractivity contribution in [2.75, 3.05) is 6.26 Å². The Morgan fingerprint density at radius 1 is 1.56 bits per heavy atom. The third-order valence-corrected chi connectivity index (χ3v) is 6.99. The van der Waals surface area contributed by atoms with E-state index in [4.69, 9.17) is 5.73 Å². The van der Waals surface area contributed by atoms with Crippen LogP contribution in [0.4, 0.5) is 0 Å². The van der Waals surface area contributed by atoms with Crippen molar-refractivity contribution in [1.82, 2.24) is 4.72 Å². The van der Waals surface area contributed by atoms with E-state index in [0.717, 1.165) is 24.1 Å². The maximum absolute atomic E-state index is 12.3. The van der Waals surface area contributed by atoms with Crippen LogP contribution in [-0.4, -0.2) is 26.0 Å². The Morgan fingerprint density at radius 3 is 2.94 bits per heavy atom. The summed E-state index contributed by atoms with van der Waals surface area (Å²) in [5.74, 6) is 0. The molecule has 102 valence electrons. The van der Waals surface area contributed by atoms with E-state index in [-0.39, 0.29) is 12.6 Å². The summed E-state index contributed by atoms with van der Waals surface area (Å²) in [6.45, 7) is 0.270. The SMILES string of the molecule is CSC1CCC(NS(=O)(=O)c2ccsc2CN)C1. The number of thiophene rings is 1. The molecule has 2 unspecified atom stereocenters. The van der Waals surface area contributed by atoms with Gasteiger partial charge in [0.2, 0.25) is 10.0 Å². The molecule has 1 heterocycles. The molecule has 2 atom stereocenters. The Labute approximate surface area is 116 Å². The van der Waals surface area contributed by atoms with Crippen LogP contribution in [0.2, 0.25) is 0 Å². The number of sulfonamides is 1. The molecule has 4 nitrogen and oxygen atoms in total. The summed E-state index contributed by atoms with van der Waals surface area (Å²) >= 11 is 3.21. The molecule has 1 aromatic rings. The first kappa shape index (κ1) is 14.3. The van der Waals surface area contributed by atoms with E-state index in [9.17, 15) is 8.42 Å². The Kier molecular flexibility index (Phi) is 4.71. The van der Waals surface area contributed by atoms with Gasteiger partial charge >= 0.3 is 0 Å². The van der Waals surface area contributed by atoms with Crippen molar-refractivity contribution >= 4 is 33.1 Å². The fourth-order valence-electron chi connectivity index (χ4n) is 2.26. The van der Waals surface area contributed by atoms with E-state index in [1.54, 1.807) is 11.4 Å². The minimum absolute atomic E-state index is 0.0676. The van der Waals surface area contributed by atoms with Crippen molar-refractivity contribution in [3.8, 4) is 0 Å². The molecular formula is C11H18N2O2S3. The van der Waals surface area contributed by atoms with Gasteiger partial charge in [0.1, 0.15) is 0 Å². The van der Waals surface area contributed by atoms with Gasteiger partial charge in [0.25, 0.3) is 0 Å². The third-order valence-electron chi connectivity index (χ3n) is 3.22. The summed E-state index contributed by atoms with van der Waals surface area (Å²) in [5.41, 5.74) is 5.56. The lowest BCUT2D eigenvalue weighted by atomic mass is 10.3. The molecule has 1 saturated carbocycles. The van der Waals surface area contributed by atoms with Crippen LogP contribution in [0.1, 0.15) is 24.1 Å². The van der Waals surface area contributed by atoms with Crippen molar-refractivity contribution in [1.29, 1.82) is 0 Å². The predicted octanol–water partition coefficient (Wildman–Crippen LogP) is 1.77. The van der Waals surface area contributed by atoms with Gasteiger partial charge in [-0.1, -0.05) is 0 Å². The molecular weight excluding hydrogens is 288 g/mol. The van der Waals surface area contributed by atoms with Crippen molar-refractivity contribution < 1.29 is 8.42 Å².